The molecule has 1 aliphatic heterocycles. The zero-order valence-electron chi connectivity index (χ0n) is 14.6. The molecule has 1 aromatic rings. The highest BCUT2D eigenvalue weighted by atomic mass is 32.2. The van der Waals surface area contributed by atoms with Crippen LogP contribution in [0.15, 0.2) is 40.4 Å². The van der Waals surface area contributed by atoms with E-state index in [0.29, 0.717) is 5.56 Å². The average molecular weight is 406 g/mol. The van der Waals surface area contributed by atoms with Gasteiger partial charge in [0.25, 0.3) is 5.91 Å². The number of halogens is 3. The fraction of sp³-hybridized carbons (Fsp3) is 0.375. The number of esters is 1. The Balaban J connectivity index is 2.65. The summed E-state index contributed by atoms with van der Waals surface area (Å²) in [6.45, 7) is 3.82. The van der Waals surface area contributed by atoms with Gasteiger partial charge in [-0.3, -0.25) is 4.79 Å². The van der Waals surface area contributed by atoms with Gasteiger partial charge in [0.15, 0.2) is 0 Å². The van der Waals surface area contributed by atoms with E-state index in [9.17, 15) is 31.2 Å². The van der Waals surface area contributed by atoms with Gasteiger partial charge >= 0.3 is 12.1 Å². The van der Waals surface area contributed by atoms with Gasteiger partial charge in [0.2, 0.25) is 15.6 Å². The molecular formula is C16H17F3N2O5S. The first-order valence-corrected chi connectivity index (χ1v) is 9.22. The summed E-state index contributed by atoms with van der Waals surface area (Å²) in [7, 11) is -4.81. The van der Waals surface area contributed by atoms with E-state index >= 15 is 0 Å². The summed E-state index contributed by atoms with van der Waals surface area (Å²) >= 11 is 0. The highest BCUT2D eigenvalue weighted by Crippen LogP contribution is 2.42. The number of sulfonamides is 1. The molecule has 1 aliphatic rings. The number of aryl methyl sites for hydroxylation is 1. The molecule has 1 amide bonds. The molecule has 1 atom stereocenters. The summed E-state index contributed by atoms with van der Waals surface area (Å²) in [4.78, 5) is 23.9. The van der Waals surface area contributed by atoms with Crippen LogP contribution in [-0.4, -0.2) is 38.6 Å². The van der Waals surface area contributed by atoms with E-state index in [0.717, 1.165) is 19.1 Å². The average Bonchev–Trinajstić information content (AvgIpc) is 2.78. The Labute approximate surface area is 153 Å². The maximum atomic E-state index is 14.0. The summed E-state index contributed by atoms with van der Waals surface area (Å²) in [6.07, 6.45) is -5.45. The first-order chi connectivity index (χ1) is 12.4. The second kappa shape index (κ2) is 6.97. The normalized spacial score (nSPS) is 20.6. The molecule has 1 heterocycles. The largest absolute Gasteiger partial charge is 0.463 e. The minimum absolute atomic E-state index is 0.261. The summed E-state index contributed by atoms with van der Waals surface area (Å²) < 4.78 is 73.0. The van der Waals surface area contributed by atoms with Crippen molar-refractivity contribution in [1.82, 2.24) is 10.0 Å². The van der Waals surface area contributed by atoms with E-state index in [-0.39, 0.29) is 6.61 Å². The number of carbonyl (C=O) groups is 2. The predicted molar refractivity (Wildman–Crippen MR) is 87.8 cm³/mol. The number of amides is 1. The SMILES string of the molecule is CCOC(=O)C1=C(C)NC(=O)[C@]1(NS(=O)(=O)c1ccc(C)cc1)C(F)(F)F. The third-order valence-electron chi connectivity index (χ3n) is 3.92. The van der Waals surface area contributed by atoms with Crippen LogP contribution in [0, 0.1) is 6.92 Å². The van der Waals surface area contributed by atoms with E-state index in [4.69, 9.17) is 0 Å². The second-order valence-corrected chi connectivity index (χ2v) is 7.52. The second-order valence-electron chi connectivity index (χ2n) is 5.84. The molecule has 148 valence electrons. The maximum Gasteiger partial charge on any atom is 0.421 e. The third kappa shape index (κ3) is 3.56. The Kier molecular flexibility index (Phi) is 5.39. The number of benzene rings is 1. The Morgan fingerprint density at radius 1 is 1.22 bits per heavy atom. The molecule has 0 unspecified atom stereocenters. The van der Waals surface area contributed by atoms with Crippen molar-refractivity contribution in [3.63, 3.8) is 0 Å². The van der Waals surface area contributed by atoms with Gasteiger partial charge in [0, 0.05) is 5.70 Å². The maximum absolute atomic E-state index is 14.0. The van der Waals surface area contributed by atoms with Crippen LogP contribution in [0.2, 0.25) is 0 Å². The molecule has 0 aliphatic carbocycles. The molecule has 0 bridgehead atoms. The quantitative estimate of drug-likeness (QED) is 0.723. The lowest BCUT2D eigenvalue weighted by Crippen LogP contribution is -2.65. The summed E-state index contributed by atoms with van der Waals surface area (Å²) in [6, 6.07) is 4.96. The van der Waals surface area contributed by atoms with Crippen LogP contribution < -0.4 is 10.0 Å². The van der Waals surface area contributed by atoms with Gasteiger partial charge < -0.3 is 10.1 Å². The van der Waals surface area contributed by atoms with Crippen LogP contribution >= 0.6 is 0 Å². The van der Waals surface area contributed by atoms with Gasteiger partial charge in [-0.05, 0) is 32.9 Å². The number of allylic oxidation sites excluding steroid dienone is 1. The van der Waals surface area contributed by atoms with Gasteiger partial charge in [-0.1, -0.05) is 17.7 Å². The van der Waals surface area contributed by atoms with E-state index in [1.54, 1.807) is 6.92 Å². The third-order valence-corrected chi connectivity index (χ3v) is 5.38. The van der Waals surface area contributed by atoms with Gasteiger partial charge in [-0.25, -0.2) is 13.2 Å². The number of ether oxygens (including phenoxy) is 1. The van der Waals surface area contributed by atoms with Crippen LogP contribution in [0.1, 0.15) is 19.4 Å². The number of hydrogen-bond acceptors (Lipinski definition) is 5. The molecule has 0 aromatic heterocycles. The molecule has 0 spiro atoms. The first-order valence-electron chi connectivity index (χ1n) is 7.74. The Hall–Kier alpha value is -2.40. The van der Waals surface area contributed by atoms with Crippen LogP contribution in [0.5, 0.6) is 0 Å². The van der Waals surface area contributed by atoms with Crippen LogP contribution in [0.3, 0.4) is 0 Å². The number of alkyl halides is 3. The van der Waals surface area contributed by atoms with E-state index in [1.807, 2.05) is 5.32 Å². The highest BCUT2D eigenvalue weighted by molar-refractivity contribution is 7.89. The zero-order valence-corrected chi connectivity index (χ0v) is 15.4. The monoisotopic (exact) mass is 406 g/mol. The number of carbonyl (C=O) groups excluding carboxylic acids is 2. The molecule has 2 N–H and O–H groups in total. The number of nitrogens with one attached hydrogen (secondary N) is 2. The van der Waals surface area contributed by atoms with Crippen LogP contribution in [-0.2, 0) is 24.3 Å². The fourth-order valence-corrected chi connectivity index (χ4v) is 3.96. The molecule has 0 radical (unpaired) electrons. The first kappa shape index (κ1) is 20.9. The number of hydrogen-bond donors (Lipinski definition) is 2. The lowest BCUT2D eigenvalue weighted by molar-refractivity contribution is -0.187. The standard InChI is InChI=1S/C16H17F3N2O5S/c1-4-26-13(22)12-10(3)20-14(23)15(12,16(17,18)19)21-27(24,25)11-7-5-9(2)6-8-11/h5-8,21H,4H2,1-3H3,(H,20,23)/t15-/m0/s1. The van der Waals surface area contributed by atoms with Crippen molar-refractivity contribution in [2.75, 3.05) is 6.61 Å². The molecule has 0 fully saturated rings. The van der Waals surface area contributed by atoms with Gasteiger partial charge in [0.05, 0.1) is 17.1 Å². The lowest BCUT2D eigenvalue weighted by Gasteiger charge is -2.31. The fourth-order valence-electron chi connectivity index (χ4n) is 2.63. The van der Waals surface area contributed by atoms with E-state index in [2.05, 4.69) is 4.74 Å². The van der Waals surface area contributed by atoms with Crippen molar-refractivity contribution in [2.24, 2.45) is 0 Å². The lowest BCUT2D eigenvalue weighted by atomic mass is 9.91. The van der Waals surface area contributed by atoms with Crippen molar-refractivity contribution in [3.8, 4) is 0 Å². The molecule has 27 heavy (non-hydrogen) atoms. The zero-order chi connectivity index (χ0) is 20.6. The van der Waals surface area contributed by atoms with Crippen molar-refractivity contribution in [3.05, 3.63) is 41.1 Å². The summed E-state index contributed by atoms with van der Waals surface area (Å²) in [5, 5.41) is 1.88. The number of rotatable bonds is 5. The smallest absolute Gasteiger partial charge is 0.421 e. The van der Waals surface area contributed by atoms with E-state index < -0.39 is 49.8 Å². The van der Waals surface area contributed by atoms with Gasteiger partial charge in [-0.2, -0.15) is 17.9 Å². The molecular weight excluding hydrogens is 389 g/mol. The van der Waals surface area contributed by atoms with Crippen molar-refractivity contribution < 1.29 is 35.9 Å². The van der Waals surface area contributed by atoms with E-state index in [1.165, 1.54) is 23.8 Å². The molecule has 0 saturated carbocycles. The summed E-state index contributed by atoms with van der Waals surface area (Å²) in [5.74, 6) is -3.18. The molecule has 7 nitrogen and oxygen atoms in total. The van der Waals surface area contributed by atoms with Gasteiger partial charge in [0.1, 0.15) is 0 Å². The predicted octanol–water partition coefficient (Wildman–Crippen LogP) is 1.54. The van der Waals surface area contributed by atoms with Crippen LogP contribution in [0.25, 0.3) is 0 Å². The molecule has 0 saturated heterocycles. The van der Waals surface area contributed by atoms with Crippen molar-refractivity contribution in [2.45, 2.75) is 37.4 Å². The molecule has 11 heteroatoms. The van der Waals surface area contributed by atoms with Crippen LogP contribution in [0.4, 0.5) is 13.2 Å². The topological polar surface area (TPSA) is 102 Å². The Bertz CT molecular complexity index is 907. The molecule has 2 rings (SSSR count). The summed E-state index contributed by atoms with van der Waals surface area (Å²) in [5.41, 5.74) is -4.70. The van der Waals surface area contributed by atoms with Gasteiger partial charge in [-0.15, -0.1) is 0 Å². The van der Waals surface area contributed by atoms with Crippen molar-refractivity contribution in [1.29, 1.82) is 0 Å². The highest BCUT2D eigenvalue weighted by Gasteiger charge is 2.69. The minimum Gasteiger partial charge on any atom is -0.463 e. The Morgan fingerprint density at radius 2 is 1.78 bits per heavy atom. The van der Waals surface area contributed by atoms with Crippen molar-refractivity contribution >= 4 is 21.9 Å². The minimum atomic E-state index is -5.45. The molecule has 1 aromatic carbocycles. The Morgan fingerprint density at radius 3 is 2.26 bits per heavy atom.